The van der Waals surface area contributed by atoms with E-state index in [4.69, 9.17) is 0 Å². The Labute approximate surface area is 113 Å². The number of nitrogens with one attached hydrogen (secondary N) is 1. The Morgan fingerprint density at radius 2 is 2.11 bits per heavy atom. The number of benzene rings is 1. The summed E-state index contributed by atoms with van der Waals surface area (Å²) in [5.41, 5.74) is 3.94. The van der Waals surface area contributed by atoms with Gasteiger partial charge in [0.2, 0.25) is 5.91 Å². The lowest BCUT2D eigenvalue weighted by molar-refractivity contribution is -0.115. The zero-order chi connectivity index (χ0) is 13.7. The number of pyridine rings is 1. The molecule has 0 bridgehead atoms. The monoisotopic (exact) mass is 254 g/mol. The van der Waals surface area contributed by atoms with Crippen LogP contribution in [-0.4, -0.2) is 10.9 Å². The van der Waals surface area contributed by atoms with Crippen LogP contribution in [0.1, 0.15) is 23.7 Å². The smallest absolute Gasteiger partial charge is 0.230 e. The molecule has 0 saturated carbocycles. The normalized spacial score (nSPS) is 10.2. The lowest BCUT2D eigenvalue weighted by atomic mass is 10.1. The van der Waals surface area contributed by atoms with E-state index in [-0.39, 0.29) is 5.91 Å². The summed E-state index contributed by atoms with van der Waals surface area (Å²) in [6.45, 7) is 4.07. The highest BCUT2D eigenvalue weighted by Gasteiger charge is 2.05. The predicted molar refractivity (Wildman–Crippen MR) is 77.1 cm³/mol. The Morgan fingerprint density at radius 3 is 2.79 bits per heavy atom. The van der Waals surface area contributed by atoms with Crippen molar-refractivity contribution >= 4 is 11.6 Å². The first-order valence-electron chi connectivity index (χ1n) is 6.47. The van der Waals surface area contributed by atoms with Gasteiger partial charge in [-0.1, -0.05) is 25.1 Å². The number of hydrogen-bond acceptors (Lipinski definition) is 2. The van der Waals surface area contributed by atoms with E-state index in [0.717, 1.165) is 23.4 Å². The second-order valence-corrected chi connectivity index (χ2v) is 4.61. The van der Waals surface area contributed by atoms with Gasteiger partial charge in [-0.05, 0) is 42.7 Å². The van der Waals surface area contributed by atoms with Crippen LogP contribution in [0, 0.1) is 6.92 Å². The fourth-order valence-corrected chi connectivity index (χ4v) is 1.84. The van der Waals surface area contributed by atoms with Crippen LogP contribution in [0.2, 0.25) is 0 Å². The topological polar surface area (TPSA) is 42.0 Å². The molecule has 2 rings (SSSR count). The van der Waals surface area contributed by atoms with Crippen molar-refractivity contribution in [3.8, 4) is 0 Å². The van der Waals surface area contributed by atoms with E-state index in [1.54, 1.807) is 6.20 Å². The summed E-state index contributed by atoms with van der Waals surface area (Å²) in [5.74, 6) is -0.0374. The molecule has 0 atom stereocenters. The average Bonchev–Trinajstić information content (AvgIpc) is 2.41. The third-order valence-electron chi connectivity index (χ3n) is 2.93. The van der Waals surface area contributed by atoms with Crippen molar-refractivity contribution in [1.29, 1.82) is 0 Å². The molecule has 0 aliphatic carbocycles. The van der Waals surface area contributed by atoms with Crippen LogP contribution in [0.15, 0.2) is 42.6 Å². The molecule has 0 fully saturated rings. The van der Waals surface area contributed by atoms with E-state index < -0.39 is 0 Å². The molecule has 1 aromatic carbocycles. The molecular weight excluding hydrogens is 236 g/mol. The fraction of sp³-hybridized carbons (Fsp3) is 0.250. The van der Waals surface area contributed by atoms with Gasteiger partial charge in [-0.15, -0.1) is 0 Å². The Morgan fingerprint density at radius 1 is 1.26 bits per heavy atom. The van der Waals surface area contributed by atoms with Crippen LogP contribution in [0.5, 0.6) is 0 Å². The van der Waals surface area contributed by atoms with Crippen molar-refractivity contribution in [2.24, 2.45) is 0 Å². The average molecular weight is 254 g/mol. The molecule has 98 valence electrons. The molecule has 0 radical (unpaired) electrons. The van der Waals surface area contributed by atoms with Crippen LogP contribution >= 0.6 is 0 Å². The van der Waals surface area contributed by atoms with Crippen molar-refractivity contribution in [2.75, 3.05) is 5.32 Å². The zero-order valence-corrected chi connectivity index (χ0v) is 11.3. The largest absolute Gasteiger partial charge is 0.326 e. The number of hydrogen-bond donors (Lipinski definition) is 1. The molecular formula is C16H18N2O. The summed E-state index contributed by atoms with van der Waals surface area (Å²) in [7, 11) is 0. The van der Waals surface area contributed by atoms with E-state index in [9.17, 15) is 4.79 Å². The molecule has 0 aliphatic heterocycles. The van der Waals surface area contributed by atoms with Gasteiger partial charge in [0.25, 0.3) is 0 Å². The highest BCUT2D eigenvalue weighted by Crippen LogP contribution is 2.11. The number of amides is 1. The zero-order valence-electron chi connectivity index (χ0n) is 11.3. The van der Waals surface area contributed by atoms with E-state index in [1.807, 2.05) is 37.3 Å². The molecule has 1 N–H and O–H groups in total. The Balaban J connectivity index is 1.99. The van der Waals surface area contributed by atoms with Crippen molar-refractivity contribution < 1.29 is 4.79 Å². The van der Waals surface area contributed by atoms with Gasteiger partial charge in [-0.25, -0.2) is 0 Å². The fourth-order valence-electron chi connectivity index (χ4n) is 1.84. The Kier molecular flexibility index (Phi) is 4.29. The Hall–Kier alpha value is -2.16. The number of aromatic nitrogens is 1. The number of nitrogens with zero attached hydrogens (tertiary/aromatic N) is 1. The maximum absolute atomic E-state index is 11.9. The summed E-state index contributed by atoms with van der Waals surface area (Å²) in [4.78, 5) is 16.1. The standard InChI is InChI=1S/C16H18N2O/c1-3-13-5-4-6-15(9-13)18-16(19)10-14-8-7-12(2)11-17-14/h4-9,11H,3,10H2,1-2H3,(H,18,19). The lowest BCUT2D eigenvalue weighted by Gasteiger charge is -2.06. The van der Waals surface area contributed by atoms with Gasteiger partial charge < -0.3 is 5.32 Å². The van der Waals surface area contributed by atoms with Crippen LogP contribution in [0.25, 0.3) is 0 Å². The number of rotatable bonds is 4. The van der Waals surface area contributed by atoms with Crippen molar-refractivity contribution in [1.82, 2.24) is 4.98 Å². The van der Waals surface area contributed by atoms with Crippen molar-refractivity contribution in [2.45, 2.75) is 26.7 Å². The molecule has 0 saturated heterocycles. The number of aryl methyl sites for hydroxylation is 2. The van der Waals surface area contributed by atoms with E-state index >= 15 is 0 Å². The minimum atomic E-state index is -0.0374. The highest BCUT2D eigenvalue weighted by atomic mass is 16.1. The molecule has 1 aromatic heterocycles. The van der Waals surface area contributed by atoms with Crippen molar-refractivity contribution in [3.63, 3.8) is 0 Å². The summed E-state index contributed by atoms with van der Waals surface area (Å²) in [6.07, 6.45) is 3.04. The van der Waals surface area contributed by atoms with Gasteiger partial charge in [0.05, 0.1) is 6.42 Å². The van der Waals surface area contributed by atoms with Crippen LogP contribution in [0.4, 0.5) is 5.69 Å². The molecule has 0 aliphatic rings. The first kappa shape index (κ1) is 13.3. The van der Waals surface area contributed by atoms with Crippen molar-refractivity contribution in [3.05, 3.63) is 59.4 Å². The molecule has 3 heteroatoms. The number of carbonyl (C=O) groups is 1. The second kappa shape index (κ2) is 6.14. The molecule has 3 nitrogen and oxygen atoms in total. The molecule has 1 amide bonds. The maximum atomic E-state index is 11.9. The maximum Gasteiger partial charge on any atom is 0.230 e. The van der Waals surface area contributed by atoms with E-state index in [1.165, 1.54) is 5.56 Å². The summed E-state index contributed by atoms with van der Waals surface area (Å²) in [6, 6.07) is 11.8. The quantitative estimate of drug-likeness (QED) is 0.910. The van der Waals surface area contributed by atoms with Gasteiger partial charge in [0.1, 0.15) is 0 Å². The summed E-state index contributed by atoms with van der Waals surface area (Å²) in [5, 5.41) is 2.90. The van der Waals surface area contributed by atoms with E-state index in [0.29, 0.717) is 6.42 Å². The van der Waals surface area contributed by atoms with Gasteiger partial charge in [-0.3, -0.25) is 9.78 Å². The summed E-state index contributed by atoms with van der Waals surface area (Å²) < 4.78 is 0. The van der Waals surface area contributed by atoms with Gasteiger partial charge in [0, 0.05) is 17.6 Å². The predicted octanol–water partition coefficient (Wildman–Crippen LogP) is 3.13. The van der Waals surface area contributed by atoms with E-state index in [2.05, 4.69) is 23.3 Å². The second-order valence-electron chi connectivity index (χ2n) is 4.61. The lowest BCUT2D eigenvalue weighted by Crippen LogP contribution is -2.15. The highest BCUT2D eigenvalue weighted by molar-refractivity contribution is 5.92. The first-order valence-corrected chi connectivity index (χ1v) is 6.47. The Bertz CT molecular complexity index is 561. The minimum Gasteiger partial charge on any atom is -0.326 e. The summed E-state index contributed by atoms with van der Waals surface area (Å²) >= 11 is 0. The minimum absolute atomic E-state index is 0.0374. The number of carbonyl (C=O) groups excluding carboxylic acids is 1. The first-order chi connectivity index (χ1) is 9.17. The third-order valence-corrected chi connectivity index (χ3v) is 2.93. The van der Waals surface area contributed by atoms with Gasteiger partial charge in [-0.2, -0.15) is 0 Å². The van der Waals surface area contributed by atoms with Gasteiger partial charge >= 0.3 is 0 Å². The van der Waals surface area contributed by atoms with Crippen LogP contribution in [-0.2, 0) is 17.6 Å². The molecule has 1 heterocycles. The van der Waals surface area contributed by atoms with Crippen LogP contribution in [0.3, 0.4) is 0 Å². The van der Waals surface area contributed by atoms with Crippen LogP contribution < -0.4 is 5.32 Å². The number of anilines is 1. The molecule has 0 unspecified atom stereocenters. The van der Waals surface area contributed by atoms with Gasteiger partial charge in [0.15, 0.2) is 0 Å². The molecule has 19 heavy (non-hydrogen) atoms. The third kappa shape index (κ3) is 3.91. The molecule has 2 aromatic rings. The SMILES string of the molecule is CCc1cccc(NC(=O)Cc2ccc(C)cn2)c1. The molecule has 0 spiro atoms.